The van der Waals surface area contributed by atoms with Gasteiger partial charge in [0.1, 0.15) is 0 Å². The first-order valence-electron chi connectivity index (χ1n) is 6.46. The molecule has 0 heterocycles. The number of benzene rings is 1. The van der Waals surface area contributed by atoms with Gasteiger partial charge in [-0.15, -0.1) is 0 Å². The topological polar surface area (TPSA) is 26.0 Å². The van der Waals surface area contributed by atoms with Crippen LogP contribution in [0.15, 0.2) is 24.3 Å². The number of nitrogens with two attached hydrogens (primary N) is 1. The van der Waals surface area contributed by atoms with Gasteiger partial charge < -0.3 is 5.73 Å². The van der Waals surface area contributed by atoms with Gasteiger partial charge in [0.15, 0.2) is 0 Å². The van der Waals surface area contributed by atoms with Crippen molar-refractivity contribution in [3.63, 3.8) is 0 Å². The predicted molar refractivity (Wildman–Crippen MR) is 74.2 cm³/mol. The van der Waals surface area contributed by atoms with Gasteiger partial charge in [0, 0.05) is 10.6 Å². The molecule has 1 atom stereocenters. The van der Waals surface area contributed by atoms with Gasteiger partial charge in [-0.3, -0.25) is 0 Å². The number of halogens is 1. The van der Waals surface area contributed by atoms with Gasteiger partial charge >= 0.3 is 0 Å². The highest BCUT2D eigenvalue weighted by Crippen LogP contribution is 2.41. The van der Waals surface area contributed by atoms with Crippen LogP contribution in [0.4, 0.5) is 0 Å². The quantitative estimate of drug-likeness (QED) is 0.732. The molecule has 1 aliphatic carbocycles. The van der Waals surface area contributed by atoms with Gasteiger partial charge in [-0.1, -0.05) is 44.0 Å². The Morgan fingerprint density at radius 2 is 1.88 bits per heavy atom. The minimum absolute atomic E-state index is 0.182. The molecule has 1 aliphatic rings. The van der Waals surface area contributed by atoms with Crippen LogP contribution in [-0.4, -0.2) is 0 Å². The van der Waals surface area contributed by atoms with E-state index in [4.69, 9.17) is 17.3 Å². The second-order valence-electron chi connectivity index (χ2n) is 6.18. The lowest BCUT2D eigenvalue weighted by atomic mass is 9.81. The lowest BCUT2D eigenvalue weighted by Gasteiger charge is -2.30. The van der Waals surface area contributed by atoms with E-state index in [-0.39, 0.29) is 5.54 Å². The maximum Gasteiger partial charge on any atom is 0.0410 e. The third kappa shape index (κ3) is 3.02. The van der Waals surface area contributed by atoms with Crippen molar-refractivity contribution in [3.05, 3.63) is 34.9 Å². The van der Waals surface area contributed by atoms with Crippen LogP contribution in [-0.2, 0) is 5.54 Å². The van der Waals surface area contributed by atoms with E-state index in [1.54, 1.807) is 0 Å². The predicted octanol–water partition coefficient (Wildman–Crippen LogP) is 4.48. The SMILES string of the molecule is CC1(C)CCCC(N)(c2cccc(Cl)c2)CC1. The van der Waals surface area contributed by atoms with Crippen molar-refractivity contribution in [1.29, 1.82) is 0 Å². The Hall–Kier alpha value is -0.530. The molecule has 1 nitrogen and oxygen atoms in total. The third-order valence-corrected chi connectivity index (χ3v) is 4.36. The van der Waals surface area contributed by atoms with Crippen LogP contribution in [0.2, 0.25) is 5.02 Å². The van der Waals surface area contributed by atoms with Crippen molar-refractivity contribution >= 4 is 11.6 Å². The molecule has 2 N–H and O–H groups in total. The lowest BCUT2D eigenvalue weighted by Crippen LogP contribution is -2.36. The van der Waals surface area contributed by atoms with E-state index in [9.17, 15) is 0 Å². The molecule has 17 heavy (non-hydrogen) atoms. The molecular formula is C15H22ClN. The summed E-state index contributed by atoms with van der Waals surface area (Å²) >= 11 is 6.07. The molecular weight excluding hydrogens is 230 g/mol. The van der Waals surface area contributed by atoms with Crippen molar-refractivity contribution in [1.82, 2.24) is 0 Å². The summed E-state index contributed by atoms with van der Waals surface area (Å²) in [5.41, 5.74) is 8.06. The summed E-state index contributed by atoms with van der Waals surface area (Å²) in [5.74, 6) is 0. The van der Waals surface area contributed by atoms with E-state index in [0.717, 1.165) is 17.9 Å². The second-order valence-corrected chi connectivity index (χ2v) is 6.62. The molecule has 2 rings (SSSR count). The van der Waals surface area contributed by atoms with Crippen molar-refractivity contribution in [2.75, 3.05) is 0 Å². The highest BCUT2D eigenvalue weighted by molar-refractivity contribution is 6.30. The van der Waals surface area contributed by atoms with Crippen molar-refractivity contribution in [2.24, 2.45) is 11.1 Å². The lowest BCUT2D eigenvalue weighted by molar-refractivity contribution is 0.299. The minimum atomic E-state index is -0.182. The maximum atomic E-state index is 6.61. The summed E-state index contributed by atoms with van der Waals surface area (Å²) in [4.78, 5) is 0. The van der Waals surface area contributed by atoms with E-state index in [0.29, 0.717) is 5.41 Å². The zero-order valence-corrected chi connectivity index (χ0v) is 11.6. The molecule has 0 saturated heterocycles. The summed E-state index contributed by atoms with van der Waals surface area (Å²) in [6.07, 6.45) is 5.79. The van der Waals surface area contributed by atoms with Gasteiger partial charge in [0.05, 0.1) is 0 Å². The summed E-state index contributed by atoms with van der Waals surface area (Å²) in [6, 6.07) is 8.06. The van der Waals surface area contributed by atoms with E-state index in [1.807, 2.05) is 18.2 Å². The first-order chi connectivity index (χ1) is 7.91. The molecule has 1 fully saturated rings. The average molecular weight is 252 g/mol. The fraction of sp³-hybridized carbons (Fsp3) is 0.600. The summed E-state index contributed by atoms with van der Waals surface area (Å²) in [5, 5.41) is 0.788. The van der Waals surface area contributed by atoms with Gasteiger partial charge in [-0.05, 0) is 48.8 Å². The minimum Gasteiger partial charge on any atom is -0.321 e. The Bertz CT molecular complexity index is 400. The highest BCUT2D eigenvalue weighted by Gasteiger charge is 2.33. The standard InChI is InChI=1S/C15H22ClN/c1-14(2)7-4-8-15(17,10-9-14)12-5-3-6-13(16)11-12/h3,5-6,11H,4,7-10,17H2,1-2H3. The van der Waals surface area contributed by atoms with Gasteiger partial charge in [0.2, 0.25) is 0 Å². The second kappa shape index (κ2) is 4.62. The Labute approximate surface area is 109 Å². The smallest absolute Gasteiger partial charge is 0.0410 e. The van der Waals surface area contributed by atoms with E-state index < -0.39 is 0 Å². The fourth-order valence-electron chi connectivity index (χ4n) is 2.78. The van der Waals surface area contributed by atoms with Crippen LogP contribution < -0.4 is 5.73 Å². The van der Waals surface area contributed by atoms with Crippen LogP contribution in [0, 0.1) is 5.41 Å². The summed E-state index contributed by atoms with van der Waals surface area (Å²) in [6.45, 7) is 4.69. The normalized spacial score (nSPS) is 28.7. The average Bonchev–Trinajstić information content (AvgIpc) is 2.39. The summed E-state index contributed by atoms with van der Waals surface area (Å²) < 4.78 is 0. The van der Waals surface area contributed by atoms with Crippen LogP contribution in [0.5, 0.6) is 0 Å². The van der Waals surface area contributed by atoms with Crippen molar-refractivity contribution in [2.45, 2.75) is 51.5 Å². The monoisotopic (exact) mass is 251 g/mol. The van der Waals surface area contributed by atoms with E-state index in [2.05, 4.69) is 19.9 Å². The zero-order chi connectivity index (χ0) is 12.5. The van der Waals surface area contributed by atoms with Crippen LogP contribution in [0.1, 0.15) is 51.5 Å². The maximum absolute atomic E-state index is 6.61. The number of hydrogen-bond acceptors (Lipinski definition) is 1. The molecule has 0 bridgehead atoms. The molecule has 1 aromatic rings. The number of rotatable bonds is 1. The van der Waals surface area contributed by atoms with E-state index in [1.165, 1.54) is 24.8 Å². The fourth-order valence-corrected chi connectivity index (χ4v) is 2.97. The molecule has 0 aliphatic heterocycles. The van der Waals surface area contributed by atoms with Crippen molar-refractivity contribution in [3.8, 4) is 0 Å². The Morgan fingerprint density at radius 1 is 1.12 bits per heavy atom. The number of hydrogen-bond donors (Lipinski definition) is 1. The largest absolute Gasteiger partial charge is 0.321 e. The molecule has 0 spiro atoms. The molecule has 0 radical (unpaired) electrons. The van der Waals surface area contributed by atoms with Crippen LogP contribution >= 0.6 is 11.6 Å². The Morgan fingerprint density at radius 3 is 2.59 bits per heavy atom. The molecule has 0 amide bonds. The molecule has 94 valence electrons. The molecule has 1 saturated carbocycles. The Kier molecular flexibility index (Phi) is 3.51. The molecule has 1 aromatic carbocycles. The molecule has 1 unspecified atom stereocenters. The van der Waals surface area contributed by atoms with Crippen LogP contribution in [0.25, 0.3) is 0 Å². The molecule has 2 heteroatoms. The van der Waals surface area contributed by atoms with Gasteiger partial charge in [0.25, 0.3) is 0 Å². The Balaban J connectivity index is 2.24. The van der Waals surface area contributed by atoms with Gasteiger partial charge in [-0.2, -0.15) is 0 Å². The third-order valence-electron chi connectivity index (χ3n) is 4.12. The highest BCUT2D eigenvalue weighted by atomic mass is 35.5. The summed E-state index contributed by atoms with van der Waals surface area (Å²) in [7, 11) is 0. The van der Waals surface area contributed by atoms with Crippen molar-refractivity contribution < 1.29 is 0 Å². The first-order valence-corrected chi connectivity index (χ1v) is 6.84. The zero-order valence-electron chi connectivity index (χ0n) is 10.8. The van der Waals surface area contributed by atoms with E-state index >= 15 is 0 Å². The first kappa shape index (κ1) is 12.9. The molecule has 0 aromatic heterocycles. The van der Waals surface area contributed by atoms with Gasteiger partial charge in [-0.25, -0.2) is 0 Å². The van der Waals surface area contributed by atoms with Crippen LogP contribution in [0.3, 0.4) is 0 Å².